The summed E-state index contributed by atoms with van der Waals surface area (Å²) in [7, 11) is -1.39. The van der Waals surface area contributed by atoms with Gasteiger partial charge in [-0.15, -0.1) is 0 Å². The molecule has 0 fully saturated rings. The first-order valence-electron chi connectivity index (χ1n) is 8.32. The lowest BCUT2D eigenvalue weighted by atomic mass is 9.81. The van der Waals surface area contributed by atoms with Gasteiger partial charge in [0.05, 0.1) is 17.8 Å². The first-order chi connectivity index (χ1) is 11.8. The van der Waals surface area contributed by atoms with Crippen LogP contribution in [0.3, 0.4) is 0 Å². The number of rotatable bonds is 7. The van der Waals surface area contributed by atoms with Gasteiger partial charge in [0.1, 0.15) is 11.5 Å². The number of nitriles is 2. The highest BCUT2D eigenvalue weighted by atomic mass is 28.3. The van der Waals surface area contributed by atoms with Gasteiger partial charge in [0, 0.05) is 18.9 Å². The van der Waals surface area contributed by atoms with E-state index in [0.29, 0.717) is 5.76 Å². The summed E-state index contributed by atoms with van der Waals surface area (Å²) in [5.41, 5.74) is -1.80. The van der Waals surface area contributed by atoms with Gasteiger partial charge in [0.15, 0.2) is 14.8 Å². The van der Waals surface area contributed by atoms with Crippen LogP contribution in [0.2, 0.25) is 13.1 Å². The summed E-state index contributed by atoms with van der Waals surface area (Å²) >= 11 is 0. The van der Waals surface area contributed by atoms with Crippen LogP contribution in [0.5, 0.6) is 0 Å². The van der Waals surface area contributed by atoms with Crippen molar-refractivity contribution in [3.63, 3.8) is 0 Å². The molecule has 1 rings (SSSR count). The summed E-state index contributed by atoms with van der Waals surface area (Å²) < 4.78 is 48.8. The zero-order chi connectivity index (χ0) is 20.2. The molecular weight excluding hydrogens is 363 g/mol. The van der Waals surface area contributed by atoms with Gasteiger partial charge in [-0.1, -0.05) is 25.9 Å². The van der Waals surface area contributed by atoms with Gasteiger partial charge in [-0.2, -0.15) is 23.7 Å². The minimum atomic E-state index is -4.43. The molecule has 0 aromatic carbocycles. The van der Waals surface area contributed by atoms with Crippen LogP contribution >= 0.6 is 0 Å². The second-order valence-electron chi connectivity index (χ2n) is 7.75. The van der Waals surface area contributed by atoms with Gasteiger partial charge in [0.2, 0.25) is 0 Å². The zero-order valence-corrected chi connectivity index (χ0v) is 16.8. The number of hydrogen-bond acceptors (Lipinski definition) is 5. The quantitative estimate of drug-likeness (QED) is 0.634. The Morgan fingerprint density at radius 3 is 2.19 bits per heavy atom. The molecule has 0 saturated heterocycles. The Bertz CT molecular complexity index is 667. The van der Waals surface area contributed by atoms with Gasteiger partial charge in [0.25, 0.3) is 0 Å². The monoisotopic (exact) mass is 387 g/mol. The summed E-state index contributed by atoms with van der Waals surface area (Å²) in [6.45, 7) is 9.98. The van der Waals surface area contributed by atoms with Crippen molar-refractivity contribution in [3.8, 4) is 12.1 Å². The fraction of sp³-hybridized carbons (Fsp3) is 0.706. The molecule has 0 aliphatic carbocycles. The van der Waals surface area contributed by atoms with E-state index in [4.69, 9.17) is 8.95 Å². The average Bonchev–Trinajstić information content (AvgIpc) is 2.95. The lowest BCUT2D eigenvalue weighted by molar-refractivity contribution is -0.138. The smallest absolute Gasteiger partial charge is 0.389 e. The second-order valence-corrected chi connectivity index (χ2v) is 10.1. The van der Waals surface area contributed by atoms with Crippen LogP contribution in [-0.2, 0) is 10.8 Å². The first-order valence-corrected chi connectivity index (χ1v) is 11.1. The van der Waals surface area contributed by atoms with Crippen LogP contribution < -0.4 is 0 Å². The molecule has 1 atom stereocenters. The number of alkyl halides is 3. The third kappa shape index (κ3) is 6.47. The lowest BCUT2D eigenvalue weighted by Crippen LogP contribution is -2.25. The van der Waals surface area contributed by atoms with Crippen LogP contribution in [0.25, 0.3) is 0 Å². The van der Waals surface area contributed by atoms with Gasteiger partial charge in [-0.3, -0.25) is 0 Å². The third-order valence-corrected chi connectivity index (χ3v) is 4.59. The highest BCUT2D eigenvalue weighted by Gasteiger charge is 2.38. The van der Waals surface area contributed by atoms with Gasteiger partial charge < -0.3 is 8.95 Å². The molecule has 0 aliphatic heterocycles. The highest BCUT2D eigenvalue weighted by molar-refractivity contribution is 6.48. The molecule has 1 heterocycles. The van der Waals surface area contributed by atoms with E-state index in [9.17, 15) is 23.7 Å². The molecular formula is C17H24F3N3O2Si. The summed E-state index contributed by atoms with van der Waals surface area (Å²) in [6.07, 6.45) is -6.82. The van der Waals surface area contributed by atoms with Crippen LogP contribution in [0.4, 0.5) is 13.2 Å². The summed E-state index contributed by atoms with van der Waals surface area (Å²) in [5.74, 6) is 0.453. The maximum atomic E-state index is 12.5. The van der Waals surface area contributed by atoms with E-state index in [-0.39, 0.29) is 23.6 Å². The molecule has 1 aromatic rings. The van der Waals surface area contributed by atoms with E-state index in [0.717, 1.165) is 0 Å². The normalized spacial score (nSPS) is 14.1. The Morgan fingerprint density at radius 2 is 1.77 bits per heavy atom. The SMILES string of the molecule is C[SiH](C)OC(c1cc(CC(C#N)(C#N)CCC(F)(F)F)no1)C(C)(C)C. The van der Waals surface area contributed by atoms with Gasteiger partial charge in [-0.25, -0.2) is 0 Å². The highest BCUT2D eigenvalue weighted by Crippen LogP contribution is 2.38. The Hall–Kier alpha value is -1.84. The number of aromatic nitrogens is 1. The van der Waals surface area contributed by atoms with E-state index in [1.807, 2.05) is 33.9 Å². The predicted molar refractivity (Wildman–Crippen MR) is 91.3 cm³/mol. The van der Waals surface area contributed by atoms with Crippen LogP contribution in [0.1, 0.15) is 51.2 Å². The maximum Gasteiger partial charge on any atom is 0.389 e. The van der Waals surface area contributed by atoms with E-state index >= 15 is 0 Å². The molecule has 0 saturated carbocycles. The second kappa shape index (κ2) is 8.23. The van der Waals surface area contributed by atoms with E-state index < -0.39 is 33.5 Å². The molecule has 26 heavy (non-hydrogen) atoms. The van der Waals surface area contributed by atoms with E-state index in [1.54, 1.807) is 18.2 Å². The molecule has 5 nitrogen and oxygen atoms in total. The van der Waals surface area contributed by atoms with Crippen molar-refractivity contribution in [1.29, 1.82) is 10.5 Å². The van der Waals surface area contributed by atoms with E-state index in [1.165, 1.54) is 0 Å². The molecule has 0 amide bonds. The molecule has 0 aliphatic rings. The lowest BCUT2D eigenvalue weighted by Gasteiger charge is -2.30. The summed E-state index contributed by atoms with van der Waals surface area (Å²) in [5, 5.41) is 22.4. The van der Waals surface area contributed by atoms with Crippen LogP contribution in [-0.4, -0.2) is 20.4 Å². The number of nitrogens with zero attached hydrogens (tertiary/aromatic N) is 3. The fourth-order valence-corrected chi connectivity index (χ4v) is 3.56. The minimum Gasteiger partial charge on any atom is -0.410 e. The Balaban J connectivity index is 3.04. The van der Waals surface area contributed by atoms with Crippen molar-refractivity contribution in [3.05, 3.63) is 17.5 Å². The Kier molecular flexibility index (Phi) is 7.03. The molecule has 1 unspecified atom stereocenters. The molecule has 0 spiro atoms. The largest absolute Gasteiger partial charge is 0.410 e. The van der Waals surface area contributed by atoms with E-state index in [2.05, 4.69) is 5.16 Å². The summed E-state index contributed by atoms with van der Waals surface area (Å²) in [4.78, 5) is 0. The van der Waals surface area contributed by atoms with Crippen molar-refractivity contribution in [2.45, 2.75) is 65.4 Å². The molecule has 0 radical (unpaired) electrons. The van der Waals surface area contributed by atoms with Crippen molar-refractivity contribution in [2.24, 2.45) is 10.8 Å². The van der Waals surface area contributed by atoms with Crippen molar-refractivity contribution < 1.29 is 22.1 Å². The molecule has 1 aromatic heterocycles. The molecule has 9 heteroatoms. The molecule has 144 valence electrons. The Labute approximate surface area is 153 Å². The maximum absolute atomic E-state index is 12.5. The average molecular weight is 387 g/mol. The van der Waals surface area contributed by atoms with Crippen molar-refractivity contribution in [2.75, 3.05) is 0 Å². The first kappa shape index (κ1) is 22.2. The summed E-state index contributed by atoms with van der Waals surface area (Å²) in [6, 6.07) is 5.01. The van der Waals surface area contributed by atoms with Crippen molar-refractivity contribution >= 4 is 9.04 Å². The predicted octanol–water partition coefficient (Wildman–Crippen LogP) is 4.68. The Morgan fingerprint density at radius 1 is 1.19 bits per heavy atom. The van der Waals surface area contributed by atoms with Gasteiger partial charge in [-0.05, 0) is 24.9 Å². The van der Waals surface area contributed by atoms with Crippen molar-refractivity contribution in [1.82, 2.24) is 5.16 Å². The number of halogens is 3. The van der Waals surface area contributed by atoms with Gasteiger partial charge >= 0.3 is 6.18 Å². The zero-order valence-electron chi connectivity index (χ0n) is 15.6. The number of hydrogen-bond donors (Lipinski definition) is 0. The topological polar surface area (TPSA) is 82.8 Å². The standard InChI is InChI=1S/C17H24F3N3O2Si/c1-15(2,3)14(25-26(4)5)13-8-12(23-24-13)9-16(10-21,11-22)6-7-17(18,19)20/h8,14,26H,6-7,9H2,1-5H3. The van der Waals surface area contributed by atoms with Crippen LogP contribution in [0.15, 0.2) is 10.6 Å². The molecule has 0 bridgehead atoms. The molecule has 0 N–H and O–H groups in total. The van der Waals surface area contributed by atoms with Crippen LogP contribution in [0, 0.1) is 33.5 Å². The fourth-order valence-electron chi connectivity index (χ4n) is 2.47. The third-order valence-electron chi connectivity index (χ3n) is 3.78. The minimum absolute atomic E-state index is 0.227.